The summed E-state index contributed by atoms with van der Waals surface area (Å²) >= 11 is 6.42. The minimum absolute atomic E-state index is 0.00682. The van der Waals surface area contributed by atoms with Gasteiger partial charge >= 0.3 is 22.4 Å². The van der Waals surface area contributed by atoms with Crippen LogP contribution in [0, 0.1) is 0 Å². The third-order valence-corrected chi connectivity index (χ3v) is 7.12. The summed E-state index contributed by atoms with van der Waals surface area (Å²) in [6.07, 6.45) is -4.54. The van der Waals surface area contributed by atoms with Gasteiger partial charge in [0.15, 0.2) is 0 Å². The van der Waals surface area contributed by atoms with Crippen molar-refractivity contribution in [3.05, 3.63) is 76.4 Å². The van der Waals surface area contributed by atoms with Gasteiger partial charge in [0.2, 0.25) is 0 Å². The summed E-state index contributed by atoms with van der Waals surface area (Å²) in [5, 5.41) is 9.74. The Kier molecular flexibility index (Phi) is 5.89. The molecule has 0 amide bonds. The molecule has 2 aromatic carbocycles. The van der Waals surface area contributed by atoms with Gasteiger partial charge in [0.05, 0.1) is 22.8 Å². The quantitative estimate of drug-likeness (QED) is 0.532. The number of carboxylic acid groups (broad SMARTS) is 1. The fraction of sp³-hybridized carbons (Fsp3) is 0.190. The van der Waals surface area contributed by atoms with Gasteiger partial charge in [-0.1, -0.05) is 41.9 Å². The third-order valence-electron chi connectivity index (χ3n) is 5.27. The number of alkyl halides is 3. The van der Waals surface area contributed by atoms with Crippen LogP contribution in [-0.2, 0) is 29.5 Å². The first-order valence-electron chi connectivity index (χ1n) is 9.64. The lowest BCUT2D eigenvalue weighted by Crippen LogP contribution is -2.41. The molecule has 0 saturated carbocycles. The number of halogens is 4. The standard InChI is InChI=1S/C21H17ClF3N3O4S/c22-18-17(20(29)30)16-12-27(10-11-28(16)19(18)13-4-2-1-3-5-13)33(31,32)26-15-8-6-14(7-9-15)21(23,24)25/h1-9,26H,10-12H2,(H,29,30). The summed E-state index contributed by atoms with van der Waals surface area (Å²) < 4.78 is 69.0. The minimum Gasteiger partial charge on any atom is -0.478 e. The molecule has 0 fully saturated rings. The number of anilines is 1. The van der Waals surface area contributed by atoms with Crippen molar-refractivity contribution in [1.29, 1.82) is 0 Å². The maximum atomic E-state index is 12.9. The highest BCUT2D eigenvalue weighted by Gasteiger charge is 2.35. The lowest BCUT2D eigenvalue weighted by atomic mass is 10.1. The maximum Gasteiger partial charge on any atom is 0.416 e. The second-order valence-corrected chi connectivity index (χ2v) is 9.37. The van der Waals surface area contributed by atoms with Crippen LogP contribution in [0.1, 0.15) is 21.6 Å². The Balaban J connectivity index is 1.65. The van der Waals surface area contributed by atoms with Crippen LogP contribution in [0.4, 0.5) is 18.9 Å². The van der Waals surface area contributed by atoms with Crippen molar-refractivity contribution in [1.82, 2.24) is 8.87 Å². The second kappa shape index (κ2) is 8.40. The fourth-order valence-electron chi connectivity index (χ4n) is 3.74. The summed E-state index contributed by atoms with van der Waals surface area (Å²) in [7, 11) is -4.19. The molecule has 4 rings (SSSR count). The zero-order valence-electron chi connectivity index (χ0n) is 16.8. The highest BCUT2D eigenvalue weighted by molar-refractivity contribution is 7.90. The molecule has 0 spiro atoms. The minimum atomic E-state index is -4.54. The lowest BCUT2D eigenvalue weighted by molar-refractivity contribution is -0.137. The van der Waals surface area contributed by atoms with Gasteiger partial charge in [0, 0.05) is 24.5 Å². The summed E-state index contributed by atoms with van der Waals surface area (Å²) in [6.45, 7) is -0.127. The van der Waals surface area contributed by atoms with E-state index in [1.165, 1.54) is 0 Å². The van der Waals surface area contributed by atoms with Crippen molar-refractivity contribution in [3.63, 3.8) is 0 Å². The van der Waals surface area contributed by atoms with Gasteiger partial charge in [-0.2, -0.15) is 25.9 Å². The molecular formula is C21H17ClF3N3O4S. The van der Waals surface area contributed by atoms with E-state index in [4.69, 9.17) is 11.6 Å². The fourth-order valence-corrected chi connectivity index (χ4v) is 5.32. The topological polar surface area (TPSA) is 91.6 Å². The summed E-state index contributed by atoms with van der Waals surface area (Å²) in [6, 6.07) is 12.5. The Morgan fingerprint density at radius 1 is 1.03 bits per heavy atom. The lowest BCUT2D eigenvalue weighted by Gasteiger charge is -2.29. The number of aromatic nitrogens is 1. The van der Waals surface area contributed by atoms with Crippen molar-refractivity contribution in [2.75, 3.05) is 11.3 Å². The van der Waals surface area contributed by atoms with E-state index in [0.29, 0.717) is 11.3 Å². The van der Waals surface area contributed by atoms with E-state index >= 15 is 0 Å². The van der Waals surface area contributed by atoms with E-state index in [-0.39, 0.29) is 41.6 Å². The number of hydrogen-bond acceptors (Lipinski definition) is 3. The van der Waals surface area contributed by atoms with Crippen LogP contribution in [0.25, 0.3) is 11.3 Å². The molecule has 1 aliphatic heterocycles. The largest absolute Gasteiger partial charge is 0.478 e. The number of carbonyl (C=O) groups is 1. The molecule has 0 saturated heterocycles. The summed E-state index contributed by atoms with van der Waals surface area (Å²) in [5.74, 6) is -1.29. The molecule has 33 heavy (non-hydrogen) atoms. The van der Waals surface area contributed by atoms with E-state index in [2.05, 4.69) is 4.72 Å². The number of aromatic carboxylic acids is 1. The smallest absolute Gasteiger partial charge is 0.416 e. The zero-order chi connectivity index (χ0) is 24.0. The van der Waals surface area contributed by atoms with Crippen LogP contribution in [0.3, 0.4) is 0 Å². The Morgan fingerprint density at radius 2 is 1.67 bits per heavy atom. The van der Waals surface area contributed by atoms with Crippen LogP contribution < -0.4 is 4.72 Å². The first-order chi connectivity index (χ1) is 15.5. The van der Waals surface area contributed by atoms with Gasteiger partial charge in [0.25, 0.3) is 0 Å². The number of nitrogens with one attached hydrogen (secondary N) is 1. The Morgan fingerprint density at radius 3 is 2.24 bits per heavy atom. The molecule has 0 radical (unpaired) electrons. The number of nitrogens with zero attached hydrogens (tertiary/aromatic N) is 2. The van der Waals surface area contributed by atoms with Crippen LogP contribution >= 0.6 is 11.6 Å². The van der Waals surface area contributed by atoms with Crippen LogP contribution in [0.15, 0.2) is 54.6 Å². The van der Waals surface area contributed by atoms with E-state index in [0.717, 1.165) is 28.6 Å². The van der Waals surface area contributed by atoms with Gasteiger partial charge in [-0.25, -0.2) is 4.79 Å². The van der Waals surface area contributed by atoms with Crippen LogP contribution in [0.5, 0.6) is 0 Å². The monoisotopic (exact) mass is 499 g/mol. The van der Waals surface area contributed by atoms with Gasteiger partial charge in [-0.3, -0.25) is 4.72 Å². The normalized spacial score (nSPS) is 14.7. The van der Waals surface area contributed by atoms with E-state index in [1.807, 2.05) is 0 Å². The van der Waals surface area contributed by atoms with Gasteiger partial charge in [-0.05, 0) is 29.8 Å². The molecule has 12 heteroatoms. The molecule has 1 aliphatic rings. The Bertz CT molecular complexity index is 1310. The number of carboxylic acids is 1. The van der Waals surface area contributed by atoms with Gasteiger partial charge < -0.3 is 9.67 Å². The van der Waals surface area contributed by atoms with Crippen molar-refractivity contribution in [2.45, 2.75) is 19.3 Å². The average Bonchev–Trinajstić information content (AvgIpc) is 3.05. The Hall–Kier alpha value is -3.02. The SMILES string of the molecule is O=C(O)c1c(Cl)c(-c2ccccc2)n2c1CN(S(=O)(=O)Nc1ccc(C(F)(F)F)cc1)CC2. The Labute approximate surface area is 192 Å². The van der Waals surface area contributed by atoms with Crippen LogP contribution in [0.2, 0.25) is 5.02 Å². The highest BCUT2D eigenvalue weighted by atomic mass is 35.5. The number of rotatable bonds is 5. The average molecular weight is 500 g/mol. The molecule has 0 bridgehead atoms. The van der Waals surface area contributed by atoms with Gasteiger partial charge in [-0.15, -0.1) is 0 Å². The predicted molar refractivity (Wildman–Crippen MR) is 116 cm³/mol. The predicted octanol–water partition coefficient (Wildman–Crippen LogP) is 4.70. The number of fused-ring (bicyclic) bond motifs is 1. The molecule has 0 atom stereocenters. The highest BCUT2D eigenvalue weighted by Crippen LogP contribution is 2.38. The molecular weight excluding hydrogens is 483 g/mol. The number of benzene rings is 2. The van der Waals surface area contributed by atoms with Crippen molar-refractivity contribution in [2.24, 2.45) is 0 Å². The summed E-state index contributed by atoms with van der Waals surface area (Å²) in [5.41, 5.74) is 0.244. The molecule has 1 aromatic heterocycles. The molecule has 2 heterocycles. The maximum absolute atomic E-state index is 12.9. The second-order valence-electron chi connectivity index (χ2n) is 7.32. The third kappa shape index (κ3) is 4.43. The molecule has 0 unspecified atom stereocenters. The molecule has 7 nitrogen and oxygen atoms in total. The van der Waals surface area contributed by atoms with Gasteiger partial charge in [0.1, 0.15) is 5.56 Å². The first-order valence-corrected chi connectivity index (χ1v) is 11.5. The van der Waals surface area contributed by atoms with E-state index in [1.54, 1.807) is 34.9 Å². The van der Waals surface area contributed by atoms with Crippen molar-refractivity contribution < 1.29 is 31.5 Å². The van der Waals surface area contributed by atoms with Crippen LogP contribution in [-0.4, -0.2) is 34.9 Å². The summed E-state index contributed by atoms with van der Waals surface area (Å²) in [4.78, 5) is 11.9. The molecule has 174 valence electrons. The zero-order valence-corrected chi connectivity index (χ0v) is 18.4. The van der Waals surface area contributed by atoms with Crippen molar-refractivity contribution in [3.8, 4) is 11.3 Å². The first kappa shape index (κ1) is 23.1. The van der Waals surface area contributed by atoms with E-state index in [9.17, 15) is 31.5 Å². The number of hydrogen-bond donors (Lipinski definition) is 2. The van der Waals surface area contributed by atoms with Crippen molar-refractivity contribution >= 4 is 33.5 Å². The molecule has 2 N–H and O–H groups in total. The van der Waals surface area contributed by atoms with E-state index < -0.39 is 27.9 Å². The molecule has 3 aromatic rings. The molecule has 0 aliphatic carbocycles.